The molecule has 1 atom stereocenters. The fourth-order valence-electron chi connectivity index (χ4n) is 6.79. The third-order valence-corrected chi connectivity index (χ3v) is 15.8. The number of thiazole rings is 2. The fraction of sp³-hybridized carbons (Fsp3) is 0.286. The van der Waals surface area contributed by atoms with E-state index >= 15 is 0 Å². The van der Waals surface area contributed by atoms with E-state index in [1.165, 1.54) is 15.4 Å². The molecule has 0 N–H and O–H groups in total. The van der Waals surface area contributed by atoms with Crippen molar-refractivity contribution in [3.05, 3.63) is 141 Å². The smallest absolute Gasteiger partial charge is 0.243 e. The Labute approximate surface area is 332 Å². The largest absolute Gasteiger partial charge is 0.379 e. The summed E-state index contributed by atoms with van der Waals surface area (Å²) in [6.07, 6.45) is 1.45. The Morgan fingerprint density at radius 3 is 1.76 bits per heavy atom. The first-order valence-corrected chi connectivity index (χ1v) is 23.1. The standard InChI is InChI=1S/C42H44N4O5S4/c1-3-45(24-10-11-31(2)41-43-38(29-52-41)32-18-22-37(23-19-32)55(49,50)46-25-27-51-28-26-46)54(47,48)36-20-16-33(17-21-36)39-30-53-42(44-39)40(34-12-6-4-7-13-34)35-14-8-5-9-15-35/h4-9,12-23,29-31,40H,3,10-11,24-28H2,1-2H3. The molecule has 2 aromatic heterocycles. The third-order valence-electron chi connectivity index (χ3n) is 9.92. The predicted molar refractivity (Wildman–Crippen MR) is 221 cm³/mol. The molecule has 4 aromatic carbocycles. The Bertz CT molecular complexity index is 2340. The molecule has 286 valence electrons. The molecule has 1 unspecified atom stereocenters. The SMILES string of the molecule is CCN(CCCC(C)c1nc(-c2ccc(S(=O)(=O)N3CCOCC3)cc2)cs1)S(=O)(=O)c1ccc(-c2csc(C(c3ccccc3)c3ccccc3)n2)cc1. The summed E-state index contributed by atoms with van der Waals surface area (Å²) >= 11 is 3.17. The van der Waals surface area contributed by atoms with E-state index in [0.717, 1.165) is 39.0 Å². The van der Waals surface area contributed by atoms with E-state index in [0.29, 0.717) is 45.8 Å². The lowest BCUT2D eigenvalue weighted by Crippen LogP contribution is -2.40. The maximum absolute atomic E-state index is 13.8. The summed E-state index contributed by atoms with van der Waals surface area (Å²) in [5.41, 5.74) is 5.68. The van der Waals surface area contributed by atoms with Crippen LogP contribution in [0.2, 0.25) is 0 Å². The molecule has 6 aromatic rings. The van der Waals surface area contributed by atoms with Crippen LogP contribution in [0.1, 0.15) is 59.7 Å². The minimum atomic E-state index is -3.70. The third kappa shape index (κ3) is 8.83. The van der Waals surface area contributed by atoms with Crippen molar-refractivity contribution in [3.63, 3.8) is 0 Å². The Hall–Kier alpha value is -4.08. The van der Waals surface area contributed by atoms with Crippen molar-refractivity contribution in [2.75, 3.05) is 39.4 Å². The van der Waals surface area contributed by atoms with Crippen LogP contribution in [0.15, 0.2) is 130 Å². The Morgan fingerprint density at radius 2 is 1.22 bits per heavy atom. The summed E-state index contributed by atoms with van der Waals surface area (Å²) in [5, 5.41) is 5.97. The lowest BCUT2D eigenvalue weighted by Gasteiger charge is -2.26. The second-order valence-corrected chi connectivity index (χ2v) is 19.2. The number of rotatable bonds is 15. The maximum Gasteiger partial charge on any atom is 0.243 e. The highest BCUT2D eigenvalue weighted by atomic mass is 32.2. The number of hydrogen-bond donors (Lipinski definition) is 0. The average molecular weight is 813 g/mol. The molecular weight excluding hydrogens is 769 g/mol. The van der Waals surface area contributed by atoms with E-state index in [1.807, 2.05) is 66.2 Å². The molecule has 1 aliphatic heterocycles. The number of aromatic nitrogens is 2. The van der Waals surface area contributed by atoms with Crippen molar-refractivity contribution < 1.29 is 21.6 Å². The lowest BCUT2D eigenvalue weighted by atomic mass is 9.92. The van der Waals surface area contributed by atoms with Crippen molar-refractivity contribution in [3.8, 4) is 22.5 Å². The minimum Gasteiger partial charge on any atom is -0.379 e. The van der Waals surface area contributed by atoms with Crippen molar-refractivity contribution >= 4 is 42.7 Å². The van der Waals surface area contributed by atoms with Gasteiger partial charge in [-0.15, -0.1) is 22.7 Å². The molecule has 0 amide bonds. The number of hydrogen-bond acceptors (Lipinski definition) is 9. The summed E-state index contributed by atoms with van der Waals surface area (Å²) in [6.45, 7) is 6.26. The minimum absolute atomic E-state index is 0.00530. The summed E-state index contributed by atoms with van der Waals surface area (Å²) in [6, 6.07) is 34.7. The van der Waals surface area contributed by atoms with Gasteiger partial charge in [0.05, 0.1) is 45.3 Å². The molecule has 1 aliphatic rings. The monoisotopic (exact) mass is 812 g/mol. The Balaban J connectivity index is 0.963. The molecule has 7 rings (SSSR count). The molecule has 1 fully saturated rings. The summed E-state index contributed by atoms with van der Waals surface area (Å²) in [7, 11) is -7.26. The lowest BCUT2D eigenvalue weighted by molar-refractivity contribution is 0.0730. The Morgan fingerprint density at radius 1 is 0.709 bits per heavy atom. The van der Waals surface area contributed by atoms with Gasteiger partial charge >= 0.3 is 0 Å². The van der Waals surface area contributed by atoms with E-state index in [1.54, 1.807) is 63.4 Å². The summed E-state index contributed by atoms with van der Waals surface area (Å²) < 4.78 is 61.9. The molecule has 55 heavy (non-hydrogen) atoms. The quantitative estimate of drug-likeness (QED) is 0.102. The second kappa shape index (κ2) is 17.4. The van der Waals surface area contributed by atoms with Crippen LogP contribution in [0.25, 0.3) is 22.5 Å². The van der Waals surface area contributed by atoms with Gasteiger partial charge in [0, 0.05) is 54.0 Å². The summed E-state index contributed by atoms with van der Waals surface area (Å²) in [5.74, 6) is 0.137. The molecule has 3 heterocycles. The zero-order valence-electron chi connectivity index (χ0n) is 30.8. The first kappa shape index (κ1) is 39.2. The maximum atomic E-state index is 13.8. The Kier molecular flexibility index (Phi) is 12.4. The van der Waals surface area contributed by atoms with E-state index in [2.05, 4.69) is 31.2 Å². The molecule has 0 spiro atoms. The number of sulfonamides is 2. The first-order chi connectivity index (χ1) is 26.6. The van der Waals surface area contributed by atoms with Crippen molar-refractivity contribution in [2.45, 2.75) is 48.3 Å². The highest BCUT2D eigenvalue weighted by molar-refractivity contribution is 7.89. The number of ether oxygens (including phenoxy) is 1. The van der Waals surface area contributed by atoms with Crippen LogP contribution in [-0.2, 0) is 24.8 Å². The normalized spacial score (nSPS) is 14.8. The van der Waals surface area contributed by atoms with E-state index < -0.39 is 20.0 Å². The highest BCUT2D eigenvalue weighted by Gasteiger charge is 2.27. The molecule has 13 heteroatoms. The number of benzene rings is 4. The van der Waals surface area contributed by atoms with Crippen LogP contribution >= 0.6 is 22.7 Å². The van der Waals surface area contributed by atoms with Gasteiger partial charge in [0.15, 0.2) is 0 Å². The van der Waals surface area contributed by atoms with Gasteiger partial charge in [0.2, 0.25) is 20.0 Å². The summed E-state index contributed by atoms with van der Waals surface area (Å²) in [4.78, 5) is 10.4. The zero-order valence-corrected chi connectivity index (χ0v) is 34.1. The van der Waals surface area contributed by atoms with Crippen LogP contribution in [0.4, 0.5) is 0 Å². The molecule has 0 saturated carbocycles. The van der Waals surface area contributed by atoms with Crippen LogP contribution in [-0.4, -0.2) is 74.8 Å². The molecule has 0 bridgehead atoms. The van der Waals surface area contributed by atoms with Gasteiger partial charge in [-0.25, -0.2) is 26.8 Å². The molecule has 0 aliphatic carbocycles. The van der Waals surface area contributed by atoms with E-state index in [9.17, 15) is 16.8 Å². The van der Waals surface area contributed by atoms with Crippen LogP contribution in [0.3, 0.4) is 0 Å². The van der Waals surface area contributed by atoms with Gasteiger partial charge in [-0.2, -0.15) is 8.61 Å². The van der Waals surface area contributed by atoms with Crippen molar-refractivity contribution in [1.82, 2.24) is 18.6 Å². The average Bonchev–Trinajstić information content (AvgIpc) is 3.92. The topological polar surface area (TPSA) is 110 Å². The fourth-order valence-corrected chi connectivity index (χ4v) is 11.6. The van der Waals surface area contributed by atoms with Gasteiger partial charge in [-0.1, -0.05) is 98.8 Å². The molecule has 1 saturated heterocycles. The van der Waals surface area contributed by atoms with Gasteiger partial charge < -0.3 is 4.74 Å². The highest BCUT2D eigenvalue weighted by Crippen LogP contribution is 2.36. The van der Waals surface area contributed by atoms with Crippen LogP contribution in [0.5, 0.6) is 0 Å². The molecule has 9 nitrogen and oxygen atoms in total. The zero-order chi connectivity index (χ0) is 38.4. The van der Waals surface area contributed by atoms with Gasteiger partial charge in [0.1, 0.15) is 5.01 Å². The van der Waals surface area contributed by atoms with E-state index in [-0.39, 0.29) is 21.6 Å². The van der Waals surface area contributed by atoms with Crippen molar-refractivity contribution in [2.24, 2.45) is 0 Å². The van der Waals surface area contributed by atoms with Crippen LogP contribution < -0.4 is 0 Å². The van der Waals surface area contributed by atoms with Crippen molar-refractivity contribution in [1.29, 1.82) is 0 Å². The second-order valence-electron chi connectivity index (χ2n) is 13.5. The molecular formula is C42H44N4O5S4. The van der Waals surface area contributed by atoms with Gasteiger partial charge in [0.25, 0.3) is 0 Å². The van der Waals surface area contributed by atoms with Crippen LogP contribution in [0, 0.1) is 0 Å². The van der Waals surface area contributed by atoms with E-state index in [4.69, 9.17) is 14.7 Å². The number of nitrogens with zero attached hydrogens (tertiary/aromatic N) is 4. The van der Waals surface area contributed by atoms with Gasteiger partial charge in [-0.3, -0.25) is 0 Å². The predicted octanol–water partition coefficient (Wildman–Crippen LogP) is 8.73. The van der Waals surface area contributed by atoms with Gasteiger partial charge in [-0.05, 0) is 48.2 Å². The number of morpholine rings is 1. The first-order valence-electron chi connectivity index (χ1n) is 18.4. The molecule has 0 radical (unpaired) electrons.